The second-order valence-corrected chi connectivity index (χ2v) is 5.14. The van der Waals surface area contributed by atoms with Crippen molar-refractivity contribution < 1.29 is 27.9 Å². The van der Waals surface area contributed by atoms with Gasteiger partial charge in [-0.2, -0.15) is 0 Å². The van der Waals surface area contributed by atoms with E-state index in [0.29, 0.717) is 18.6 Å². The van der Waals surface area contributed by atoms with Crippen LogP contribution in [-0.4, -0.2) is 29.6 Å². The Morgan fingerprint density at radius 1 is 1.18 bits per heavy atom. The molecule has 2 amide bonds. The molecule has 0 aromatic heterocycles. The number of carbonyl (C=O) groups excluding carboxylic acids is 2. The van der Waals surface area contributed by atoms with Crippen molar-refractivity contribution in [3.63, 3.8) is 0 Å². The second kappa shape index (κ2) is 6.78. The Bertz CT molecular complexity index is 568. The fourth-order valence-corrected chi connectivity index (χ4v) is 2.11. The molecule has 1 aliphatic rings. The van der Waals surface area contributed by atoms with Crippen LogP contribution < -0.4 is 10.6 Å². The van der Waals surface area contributed by atoms with Crippen LogP contribution in [0.2, 0.25) is 0 Å². The van der Waals surface area contributed by atoms with Gasteiger partial charge in [-0.3, -0.25) is 9.59 Å². The Morgan fingerprint density at radius 3 is 2.27 bits per heavy atom. The molecule has 0 bridgehead atoms. The number of hydrogen-bond acceptors (Lipinski definition) is 3. The number of amides is 2. The van der Waals surface area contributed by atoms with Gasteiger partial charge in [-0.05, 0) is 25.2 Å². The van der Waals surface area contributed by atoms with Gasteiger partial charge in [-0.25, -0.2) is 13.2 Å². The minimum absolute atomic E-state index is 0.128. The molecule has 3 N–H and O–H groups in total. The number of anilines is 1. The van der Waals surface area contributed by atoms with Gasteiger partial charge in [0, 0.05) is 30.5 Å². The quantitative estimate of drug-likeness (QED) is 0.566. The SMILES string of the molecule is O=C(Nc1cc(F)c(F)c(F)c1)C(=O)NC(CCO)C1CC1. The van der Waals surface area contributed by atoms with Crippen LogP contribution in [0.3, 0.4) is 0 Å². The van der Waals surface area contributed by atoms with E-state index >= 15 is 0 Å². The summed E-state index contributed by atoms with van der Waals surface area (Å²) in [6.07, 6.45) is 2.13. The monoisotopic (exact) mass is 316 g/mol. The van der Waals surface area contributed by atoms with Gasteiger partial charge in [0.25, 0.3) is 0 Å². The molecule has 1 aromatic rings. The molecule has 2 rings (SSSR count). The lowest BCUT2D eigenvalue weighted by atomic mass is 10.1. The van der Waals surface area contributed by atoms with E-state index in [1.165, 1.54) is 0 Å². The molecule has 0 radical (unpaired) electrons. The van der Waals surface area contributed by atoms with Crippen LogP contribution in [0.25, 0.3) is 0 Å². The average Bonchev–Trinajstić information content (AvgIpc) is 3.28. The van der Waals surface area contributed by atoms with Gasteiger partial charge in [0.15, 0.2) is 17.5 Å². The molecule has 0 heterocycles. The van der Waals surface area contributed by atoms with Crippen LogP contribution >= 0.6 is 0 Å². The molecule has 0 spiro atoms. The van der Waals surface area contributed by atoms with E-state index in [1.54, 1.807) is 0 Å². The molecule has 1 fully saturated rings. The molecule has 22 heavy (non-hydrogen) atoms. The van der Waals surface area contributed by atoms with Crippen molar-refractivity contribution in [1.29, 1.82) is 0 Å². The number of nitrogens with one attached hydrogen (secondary N) is 2. The third kappa shape index (κ3) is 3.97. The van der Waals surface area contributed by atoms with E-state index in [2.05, 4.69) is 5.32 Å². The number of aliphatic hydroxyl groups is 1. The van der Waals surface area contributed by atoms with Crippen LogP contribution in [0.15, 0.2) is 12.1 Å². The molecule has 0 aliphatic heterocycles. The molecule has 1 atom stereocenters. The summed E-state index contributed by atoms with van der Waals surface area (Å²) < 4.78 is 38.8. The summed E-state index contributed by atoms with van der Waals surface area (Å²) in [6, 6.07) is 0.843. The number of benzene rings is 1. The van der Waals surface area contributed by atoms with Crippen molar-refractivity contribution in [3.8, 4) is 0 Å². The lowest BCUT2D eigenvalue weighted by molar-refractivity contribution is -0.136. The molecule has 1 aromatic carbocycles. The Hall–Kier alpha value is -2.09. The Labute approximate surface area is 124 Å². The largest absolute Gasteiger partial charge is 0.396 e. The van der Waals surface area contributed by atoms with E-state index in [9.17, 15) is 22.8 Å². The van der Waals surface area contributed by atoms with E-state index < -0.39 is 29.3 Å². The first kappa shape index (κ1) is 16.3. The molecular formula is C14H15F3N2O3. The molecule has 1 unspecified atom stereocenters. The summed E-state index contributed by atoms with van der Waals surface area (Å²) in [7, 11) is 0. The molecular weight excluding hydrogens is 301 g/mol. The zero-order valence-electron chi connectivity index (χ0n) is 11.5. The number of aliphatic hydroxyl groups excluding tert-OH is 1. The van der Waals surface area contributed by atoms with Crippen molar-refractivity contribution in [2.24, 2.45) is 5.92 Å². The van der Waals surface area contributed by atoms with Gasteiger partial charge in [0.05, 0.1) is 0 Å². The van der Waals surface area contributed by atoms with Crippen molar-refractivity contribution in [2.75, 3.05) is 11.9 Å². The summed E-state index contributed by atoms with van der Waals surface area (Å²) in [6.45, 7) is -0.128. The standard InChI is InChI=1S/C14H15F3N2O3/c15-9-5-8(6-10(16)12(9)17)18-13(21)14(22)19-11(3-4-20)7-1-2-7/h5-7,11,20H,1-4H2,(H,18,21)(H,19,22). The van der Waals surface area contributed by atoms with Crippen molar-refractivity contribution in [3.05, 3.63) is 29.6 Å². The van der Waals surface area contributed by atoms with Crippen LogP contribution in [0.5, 0.6) is 0 Å². The lowest BCUT2D eigenvalue weighted by Gasteiger charge is -2.16. The van der Waals surface area contributed by atoms with E-state index in [4.69, 9.17) is 5.11 Å². The molecule has 1 saturated carbocycles. The fourth-order valence-electron chi connectivity index (χ4n) is 2.11. The highest BCUT2D eigenvalue weighted by atomic mass is 19.2. The summed E-state index contributed by atoms with van der Waals surface area (Å²) in [5.41, 5.74) is -0.360. The van der Waals surface area contributed by atoms with Crippen LogP contribution in [0.1, 0.15) is 19.3 Å². The first-order valence-corrected chi connectivity index (χ1v) is 6.79. The Kier molecular flexibility index (Phi) is 5.02. The number of halogens is 3. The third-order valence-electron chi connectivity index (χ3n) is 3.40. The van der Waals surface area contributed by atoms with Gasteiger partial charge < -0.3 is 15.7 Å². The minimum atomic E-state index is -1.65. The van der Waals surface area contributed by atoms with Crippen LogP contribution in [-0.2, 0) is 9.59 Å². The van der Waals surface area contributed by atoms with Crippen molar-refractivity contribution in [2.45, 2.75) is 25.3 Å². The molecule has 1 aliphatic carbocycles. The zero-order valence-corrected chi connectivity index (χ0v) is 11.5. The summed E-state index contributed by atoms with van der Waals surface area (Å²) >= 11 is 0. The lowest BCUT2D eigenvalue weighted by Crippen LogP contribution is -2.43. The highest BCUT2D eigenvalue weighted by Gasteiger charge is 2.33. The third-order valence-corrected chi connectivity index (χ3v) is 3.40. The number of carbonyl (C=O) groups is 2. The predicted octanol–water partition coefficient (Wildman–Crippen LogP) is 1.32. The van der Waals surface area contributed by atoms with Gasteiger partial charge in [-0.1, -0.05) is 0 Å². The average molecular weight is 316 g/mol. The van der Waals surface area contributed by atoms with E-state index in [0.717, 1.165) is 12.8 Å². The minimum Gasteiger partial charge on any atom is -0.396 e. The highest BCUT2D eigenvalue weighted by molar-refractivity contribution is 6.39. The van der Waals surface area contributed by atoms with Crippen LogP contribution in [0.4, 0.5) is 18.9 Å². The normalized spacial score (nSPS) is 15.3. The molecule has 0 saturated heterocycles. The van der Waals surface area contributed by atoms with Gasteiger partial charge in [-0.15, -0.1) is 0 Å². The zero-order chi connectivity index (χ0) is 16.3. The van der Waals surface area contributed by atoms with E-state index in [1.807, 2.05) is 5.32 Å². The van der Waals surface area contributed by atoms with Crippen molar-refractivity contribution in [1.82, 2.24) is 5.32 Å². The maximum absolute atomic E-state index is 13.0. The Morgan fingerprint density at radius 2 is 1.77 bits per heavy atom. The number of hydrogen-bond donors (Lipinski definition) is 3. The molecule has 8 heteroatoms. The summed E-state index contributed by atoms with van der Waals surface area (Å²) in [5.74, 6) is -6.45. The topological polar surface area (TPSA) is 78.4 Å². The van der Waals surface area contributed by atoms with Crippen LogP contribution in [0, 0.1) is 23.4 Å². The van der Waals surface area contributed by atoms with E-state index in [-0.39, 0.29) is 24.3 Å². The molecule has 120 valence electrons. The van der Waals surface area contributed by atoms with Gasteiger partial charge in [0.1, 0.15) is 0 Å². The first-order chi connectivity index (χ1) is 10.4. The van der Waals surface area contributed by atoms with Crippen molar-refractivity contribution >= 4 is 17.5 Å². The maximum Gasteiger partial charge on any atom is 0.313 e. The first-order valence-electron chi connectivity index (χ1n) is 6.79. The van der Waals surface area contributed by atoms with Gasteiger partial charge >= 0.3 is 11.8 Å². The smallest absolute Gasteiger partial charge is 0.313 e. The Balaban J connectivity index is 1.97. The summed E-state index contributed by atoms with van der Waals surface area (Å²) in [4.78, 5) is 23.4. The molecule has 5 nitrogen and oxygen atoms in total. The second-order valence-electron chi connectivity index (χ2n) is 5.14. The highest BCUT2D eigenvalue weighted by Crippen LogP contribution is 2.33. The maximum atomic E-state index is 13.0. The van der Waals surface area contributed by atoms with Gasteiger partial charge in [0.2, 0.25) is 0 Å². The summed E-state index contributed by atoms with van der Waals surface area (Å²) in [5, 5.41) is 13.4. The predicted molar refractivity (Wildman–Crippen MR) is 71.3 cm³/mol. The number of rotatable bonds is 5. The fraction of sp³-hybridized carbons (Fsp3) is 0.429.